The average molecular weight is 356 g/mol. The van der Waals surface area contributed by atoms with E-state index in [0.717, 1.165) is 10.7 Å². The molecular formula is C17H16N4OS2. The zero-order chi connectivity index (χ0) is 16.8. The van der Waals surface area contributed by atoms with Gasteiger partial charge in [0.25, 0.3) is 0 Å². The molecule has 24 heavy (non-hydrogen) atoms. The van der Waals surface area contributed by atoms with Crippen molar-refractivity contribution in [2.45, 2.75) is 16.1 Å². The SMILES string of the molecule is NC(=O)C(Sc1nnc(NCc2ccccc2)s1)c1ccccc1. The number of nitrogens with two attached hydrogens (primary N) is 1. The molecule has 1 unspecified atom stereocenters. The predicted octanol–water partition coefficient (Wildman–Crippen LogP) is 3.47. The first-order valence-electron chi connectivity index (χ1n) is 7.34. The smallest absolute Gasteiger partial charge is 0.235 e. The highest BCUT2D eigenvalue weighted by Gasteiger charge is 2.21. The summed E-state index contributed by atoms with van der Waals surface area (Å²) in [5.41, 5.74) is 7.57. The third-order valence-electron chi connectivity index (χ3n) is 3.27. The fourth-order valence-electron chi connectivity index (χ4n) is 2.12. The Bertz CT molecular complexity index is 793. The molecule has 0 aliphatic rings. The van der Waals surface area contributed by atoms with E-state index in [-0.39, 0.29) is 5.91 Å². The first kappa shape index (κ1) is 16.5. The lowest BCUT2D eigenvalue weighted by Gasteiger charge is -2.10. The number of carbonyl (C=O) groups excluding carboxylic acids is 1. The molecule has 1 heterocycles. The van der Waals surface area contributed by atoms with Gasteiger partial charge in [0.2, 0.25) is 11.0 Å². The molecule has 3 N–H and O–H groups in total. The van der Waals surface area contributed by atoms with E-state index in [2.05, 4.69) is 15.5 Å². The standard InChI is InChI=1S/C17H16N4OS2/c18-15(22)14(13-9-5-2-6-10-13)23-17-21-20-16(24-17)19-11-12-7-3-1-4-8-12/h1-10,14H,11H2,(H2,18,22)(H,19,20). The summed E-state index contributed by atoms with van der Waals surface area (Å²) in [7, 11) is 0. The van der Waals surface area contributed by atoms with Crippen LogP contribution in [0.15, 0.2) is 65.0 Å². The van der Waals surface area contributed by atoms with E-state index in [1.165, 1.54) is 28.7 Å². The highest BCUT2D eigenvalue weighted by Crippen LogP contribution is 2.37. The maximum atomic E-state index is 11.8. The number of nitrogens with zero attached hydrogens (tertiary/aromatic N) is 2. The molecule has 0 bridgehead atoms. The Morgan fingerprint density at radius 1 is 1.08 bits per heavy atom. The van der Waals surface area contributed by atoms with Crippen molar-refractivity contribution in [3.05, 3.63) is 71.8 Å². The van der Waals surface area contributed by atoms with Crippen molar-refractivity contribution in [3.8, 4) is 0 Å². The number of amides is 1. The van der Waals surface area contributed by atoms with Crippen molar-refractivity contribution in [3.63, 3.8) is 0 Å². The molecule has 3 rings (SSSR count). The van der Waals surface area contributed by atoms with Crippen LogP contribution in [0.1, 0.15) is 16.4 Å². The number of anilines is 1. The molecule has 2 aromatic carbocycles. The quantitative estimate of drug-likeness (QED) is 0.634. The van der Waals surface area contributed by atoms with Gasteiger partial charge in [0.1, 0.15) is 5.25 Å². The van der Waals surface area contributed by atoms with Crippen molar-refractivity contribution < 1.29 is 4.79 Å². The molecule has 0 spiro atoms. The van der Waals surface area contributed by atoms with E-state index in [1.807, 2.05) is 60.7 Å². The van der Waals surface area contributed by atoms with E-state index in [0.29, 0.717) is 10.9 Å². The van der Waals surface area contributed by atoms with Crippen LogP contribution >= 0.6 is 23.1 Å². The molecule has 0 fully saturated rings. The molecule has 0 saturated carbocycles. The van der Waals surface area contributed by atoms with Crippen LogP contribution in [0, 0.1) is 0 Å². The van der Waals surface area contributed by atoms with Gasteiger partial charge in [-0.3, -0.25) is 4.79 Å². The molecule has 1 aromatic heterocycles. The molecule has 3 aromatic rings. The Labute approximate surface area is 148 Å². The lowest BCUT2D eigenvalue weighted by Crippen LogP contribution is -2.18. The molecule has 0 aliphatic carbocycles. The van der Waals surface area contributed by atoms with Crippen molar-refractivity contribution >= 4 is 34.1 Å². The van der Waals surface area contributed by atoms with Crippen LogP contribution in [0.2, 0.25) is 0 Å². The number of hydrogen-bond donors (Lipinski definition) is 2. The zero-order valence-electron chi connectivity index (χ0n) is 12.8. The van der Waals surface area contributed by atoms with Gasteiger partial charge in [-0.2, -0.15) is 0 Å². The van der Waals surface area contributed by atoms with E-state index >= 15 is 0 Å². The lowest BCUT2D eigenvalue weighted by atomic mass is 10.1. The number of thioether (sulfide) groups is 1. The number of carbonyl (C=O) groups is 1. The van der Waals surface area contributed by atoms with Crippen LogP contribution in [0.25, 0.3) is 0 Å². The van der Waals surface area contributed by atoms with Crippen molar-refractivity contribution in [2.75, 3.05) is 5.32 Å². The Hall–Kier alpha value is -2.38. The minimum atomic E-state index is -0.471. The molecule has 0 radical (unpaired) electrons. The Kier molecular flexibility index (Phi) is 5.45. The number of hydrogen-bond acceptors (Lipinski definition) is 6. The summed E-state index contributed by atoms with van der Waals surface area (Å²) >= 11 is 2.74. The summed E-state index contributed by atoms with van der Waals surface area (Å²) in [5, 5.41) is 11.7. The van der Waals surface area contributed by atoms with Crippen LogP contribution in [0.3, 0.4) is 0 Å². The zero-order valence-corrected chi connectivity index (χ0v) is 14.4. The van der Waals surface area contributed by atoms with Crippen molar-refractivity contribution in [1.82, 2.24) is 10.2 Å². The second kappa shape index (κ2) is 7.94. The van der Waals surface area contributed by atoms with Crippen LogP contribution in [-0.4, -0.2) is 16.1 Å². The Morgan fingerprint density at radius 3 is 2.42 bits per heavy atom. The largest absolute Gasteiger partial charge is 0.368 e. The second-order valence-corrected chi connectivity index (χ2v) is 7.35. The lowest BCUT2D eigenvalue weighted by molar-refractivity contribution is -0.117. The van der Waals surface area contributed by atoms with Gasteiger partial charge in [-0.25, -0.2) is 0 Å². The van der Waals surface area contributed by atoms with Crippen molar-refractivity contribution in [2.24, 2.45) is 5.73 Å². The topological polar surface area (TPSA) is 80.9 Å². The van der Waals surface area contributed by atoms with Gasteiger partial charge in [0.05, 0.1) is 0 Å². The summed E-state index contributed by atoms with van der Waals surface area (Å²) in [6.07, 6.45) is 0. The molecule has 0 saturated heterocycles. The number of primary amides is 1. The Morgan fingerprint density at radius 2 is 1.75 bits per heavy atom. The molecule has 1 atom stereocenters. The van der Waals surface area contributed by atoms with Gasteiger partial charge in [-0.15, -0.1) is 10.2 Å². The fraction of sp³-hybridized carbons (Fsp3) is 0.118. The van der Waals surface area contributed by atoms with Crippen LogP contribution in [-0.2, 0) is 11.3 Å². The molecule has 5 nitrogen and oxygen atoms in total. The third kappa shape index (κ3) is 4.33. The average Bonchev–Trinajstić information content (AvgIpc) is 3.07. The van der Waals surface area contributed by atoms with Gasteiger partial charge >= 0.3 is 0 Å². The van der Waals surface area contributed by atoms with E-state index in [9.17, 15) is 4.79 Å². The molecule has 1 amide bonds. The highest BCUT2D eigenvalue weighted by atomic mass is 32.2. The summed E-state index contributed by atoms with van der Waals surface area (Å²) in [5.74, 6) is -0.389. The minimum Gasteiger partial charge on any atom is -0.368 e. The normalized spacial score (nSPS) is 11.8. The number of nitrogens with one attached hydrogen (secondary N) is 1. The maximum absolute atomic E-state index is 11.8. The summed E-state index contributed by atoms with van der Waals surface area (Å²) in [6.45, 7) is 0.679. The second-order valence-electron chi connectivity index (χ2n) is 5.02. The third-order valence-corrected chi connectivity index (χ3v) is 5.51. The van der Waals surface area contributed by atoms with Crippen LogP contribution in [0.4, 0.5) is 5.13 Å². The summed E-state index contributed by atoms with van der Waals surface area (Å²) in [6, 6.07) is 19.5. The number of rotatable bonds is 7. The van der Waals surface area contributed by atoms with Crippen LogP contribution in [0.5, 0.6) is 0 Å². The molecule has 0 aliphatic heterocycles. The monoisotopic (exact) mass is 356 g/mol. The van der Waals surface area contributed by atoms with E-state index < -0.39 is 5.25 Å². The van der Waals surface area contributed by atoms with Gasteiger partial charge in [-0.05, 0) is 11.1 Å². The first-order valence-corrected chi connectivity index (χ1v) is 9.04. The van der Waals surface area contributed by atoms with Gasteiger partial charge < -0.3 is 11.1 Å². The van der Waals surface area contributed by atoms with Crippen molar-refractivity contribution in [1.29, 1.82) is 0 Å². The van der Waals surface area contributed by atoms with E-state index in [1.54, 1.807) is 0 Å². The van der Waals surface area contributed by atoms with Crippen LogP contribution < -0.4 is 11.1 Å². The predicted molar refractivity (Wildman–Crippen MR) is 97.9 cm³/mol. The fourth-order valence-corrected chi connectivity index (χ4v) is 4.01. The summed E-state index contributed by atoms with van der Waals surface area (Å²) in [4.78, 5) is 11.8. The first-order chi connectivity index (χ1) is 11.7. The number of aromatic nitrogens is 2. The molecule has 7 heteroatoms. The minimum absolute atomic E-state index is 0.389. The van der Waals surface area contributed by atoms with Gasteiger partial charge in [0, 0.05) is 6.54 Å². The summed E-state index contributed by atoms with van der Waals surface area (Å²) < 4.78 is 0.707. The maximum Gasteiger partial charge on any atom is 0.235 e. The van der Waals surface area contributed by atoms with Gasteiger partial charge in [0.15, 0.2) is 4.34 Å². The Balaban J connectivity index is 1.65. The molecule has 122 valence electrons. The molecular weight excluding hydrogens is 340 g/mol. The van der Waals surface area contributed by atoms with E-state index in [4.69, 9.17) is 5.73 Å². The number of benzene rings is 2. The highest BCUT2D eigenvalue weighted by molar-refractivity contribution is 8.01. The van der Waals surface area contributed by atoms with Gasteiger partial charge in [-0.1, -0.05) is 83.8 Å².